The number of alkyl halides is 3. The number of rotatable bonds is 4. The van der Waals surface area contributed by atoms with Gasteiger partial charge in [-0.3, -0.25) is 19.5 Å². The summed E-state index contributed by atoms with van der Waals surface area (Å²) in [6.07, 6.45) is -1.53. The molecule has 4 aromatic rings. The fraction of sp³-hybridized carbons (Fsp3) is 0.130. The summed E-state index contributed by atoms with van der Waals surface area (Å²) < 4.78 is 47.7. The standard InChI is InChI=1S/C23H16F3N5O3/c1-34-16-7-5-13(6-8-16)19(32)28-22-29-20(33)17-12-27-31-18(9-10-30(22)21(17)31)14-3-2-4-15(11-14)23(24,25)26/h2-9,11-12H,10H2,1H3,(H,28,29,32,33). The van der Waals surface area contributed by atoms with Crippen LogP contribution in [-0.4, -0.2) is 32.3 Å². The van der Waals surface area contributed by atoms with Crippen molar-refractivity contribution in [3.8, 4) is 5.75 Å². The van der Waals surface area contributed by atoms with Crippen molar-refractivity contribution >= 4 is 28.6 Å². The number of amides is 1. The van der Waals surface area contributed by atoms with Crippen LogP contribution in [0.15, 0.2) is 65.6 Å². The number of methoxy groups -OCH3 is 1. The zero-order valence-corrected chi connectivity index (χ0v) is 17.6. The van der Waals surface area contributed by atoms with Crippen molar-refractivity contribution < 1.29 is 22.7 Å². The molecular formula is C23H16F3N5O3. The molecule has 0 fully saturated rings. The van der Waals surface area contributed by atoms with E-state index in [0.29, 0.717) is 28.2 Å². The Hall–Kier alpha value is -4.41. The van der Waals surface area contributed by atoms with Crippen LogP contribution in [0.4, 0.5) is 19.1 Å². The number of ether oxygens (including phenoxy) is 1. The minimum atomic E-state index is -4.50. The number of carbonyl (C=O) groups is 1. The molecule has 34 heavy (non-hydrogen) atoms. The zero-order chi connectivity index (χ0) is 24.0. The lowest BCUT2D eigenvalue weighted by molar-refractivity contribution is -0.137. The maximum atomic E-state index is 13.2. The number of anilines is 1. The van der Waals surface area contributed by atoms with Gasteiger partial charge in [0.05, 0.1) is 24.6 Å². The number of hydrogen-bond acceptors (Lipinski definition) is 5. The van der Waals surface area contributed by atoms with E-state index in [4.69, 9.17) is 4.74 Å². The average Bonchev–Trinajstić information content (AvgIpc) is 3.28. The van der Waals surface area contributed by atoms with Gasteiger partial charge in [0.2, 0.25) is 5.95 Å². The molecule has 0 spiro atoms. The first-order valence-electron chi connectivity index (χ1n) is 10.1. The number of nitrogens with one attached hydrogen (secondary N) is 1. The van der Waals surface area contributed by atoms with Gasteiger partial charge in [0.1, 0.15) is 11.1 Å². The molecule has 2 aromatic heterocycles. The maximum absolute atomic E-state index is 13.2. The predicted molar refractivity (Wildman–Crippen MR) is 118 cm³/mol. The molecule has 0 atom stereocenters. The van der Waals surface area contributed by atoms with Crippen molar-refractivity contribution in [1.29, 1.82) is 0 Å². The van der Waals surface area contributed by atoms with Crippen LogP contribution >= 0.6 is 0 Å². The highest BCUT2D eigenvalue weighted by molar-refractivity contribution is 6.03. The summed E-state index contributed by atoms with van der Waals surface area (Å²) >= 11 is 0. The van der Waals surface area contributed by atoms with Gasteiger partial charge >= 0.3 is 6.18 Å². The topological polar surface area (TPSA) is 91.0 Å². The smallest absolute Gasteiger partial charge is 0.416 e. The highest BCUT2D eigenvalue weighted by atomic mass is 19.4. The maximum Gasteiger partial charge on any atom is 0.416 e. The Morgan fingerprint density at radius 1 is 1.15 bits per heavy atom. The SMILES string of the molecule is COc1ccc(C(=O)Nc2nc(=O)c3cnn4c3n2CC=C4c2cccc(C(F)(F)F)c2)cc1. The van der Waals surface area contributed by atoms with Gasteiger partial charge in [-0.05, 0) is 42.5 Å². The molecule has 5 rings (SSSR count). The largest absolute Gasteiger partial charge is 0.497 e. The molecule has 0 saturated carbocycles. The molecule has 1 N–H and O–H groups in total. The Bertz CT molecular complexity index is 1520. The molecule has 0 saturated heterocycles. The molecule has 172 valence electrons. The quantitative estimate of drug-likeness (QED) is 0.493. The number of aromatic nitrogens is 4. The first-order chi connectivity index (χ1) is 16.3. The molecule has 1 aliphatic heterocycles. The van der Waals surface area contributed by atoms with Crippen molar-refractivity contribution in [1.82, 2.24) is 19.3 Å². The van der Waals surface area contributed by atoms with Crippen LogP contribution in [-0.2, 0) is 12.7 Å². The summed E-state index contributed by atoms with van der Waals surface area (Å²) in [5.74, 6) is 0.0920. The van der Waals surface area contributed by atoms with E-state index in [2.05, 4.69) is 15.4 Å². The molecule has 3 heterocycles. The summed E-state index contributed by atoms with van der Waals surface area (Å²) in [6.45, 7) is 0.152. The van der Waals surface area contributed by atoms with Crippen LogP contribution < -0.4 is 15.6 Å². The molecule has 1 amide bonds. The Labute approximate surface area is 189 Å². The zero-order valence-electron chi connectivity index (χ0n) is 17.6. The molecule has 1 aliphatic rings. The average molecular weight is 467 g/mol. The second-order valence-electron chi connectivity index (χ2n) is 7.50. The third-order valence-corrected chi connectivity index (χ3v) is 5.45. The first kappa shape index (κ1) is 21.4. The van der Waals surface area contributed by atoms with Gasteiger partial charge in [-0.1, -0.05) is 12.1 Å². The number of benzene rings is 2. The van der Waals surface area contributed by atoms with E-state index in [1.54, 1.807) is 34.9 Å². The summed E-state index contributed by atoms with van der Waals surface area (Å²) in [4.78, 5) is 29.3. The lowest BCUT2D eigenvalue weighted by Gasteiger charge is -2.21. The Kier molecular flexibility index (Phi) is 4.96. The number of allylic oxidation sites excluding steroid dienone is 1. The van der Waals surface area contributed by atoms with Gasteiger partial charge in [-0.15, -0.1) is 0 Å². The molecule has 2 aromatic carbocycles. The second-order valence-corrected chi connectivity index (χ2v) is 7.50. The third-order valence-electron chi connectivity index (χ3n) is 5.45. The fourth-order valence-corrected chi connectivity index (χ4v) is 3.79. The molecular weight excluding hydrogens is 451 g/mol. The van der Waals surface area contributed by atoms with Gasteiger partial charge in [-0.2, -0.15) is 23.3 Å². The highest BCUT2D eigenvalue weighted by Gasteiger charge is 2.31. The molecule has 0 aliphatic carbocycles. The second kappa shape index (κ2) is 7.87. The van der Waals surface area contributed by atoms with Gasteiger partial charge in [0.25, 0.3) is 11.5 Å². The minimum absolute atomic E-state index is 0.000546. The summed E-state index contributed by atoms with van der Waals surface area (Å²) in [7, 11) is 1.51. The molecule has 11 heteroatoms. The van der Waals surface area contributed by atoms with Gasteiger partial charge in [-0.25, -0.2) is 4.68 Å². The molecule has 0 radical (unpaired) electrons. The van der Waals surface area contributed by atoms with Crippen molar-refractivity contribution in [3.63, 3.8) is 0 Å². The van der Waals surface area contributed by atoms with E-state index in [9.17, 15) is 22.8 Å². The van der Waals surface area contributed by atoms with Crippen molar-refractivity contribution in [3.05, 3.63) is 87.8 Å². The Balaban J connectivity index is 1.55. The predicted octanol–water partition coefficient (Wildman–Crippen LogP) is 3.78. The van der Waals surface area contributed by atoms with Crippen LogP contribution in [0.5, 0.6) is 5.75 Å². The lowest BCUT2D eigenvalue weighted by atomic mass is 10.1. The summed E-state index contributed by atoms with van der Waals surface area (Å²) in [5, 5.41) is 7.03. The van der Waals surface area contributed by atoms with Crippen LogP contribution in [0.3, 0.4) is 0 Å². The van der Waals surface area contributed by atoms with Crippen LogP contribution in [0, 0.1) is 0 Å². The van der Waals surface area contributed by atoms with Crippen LogP contribution in [0.2, 0.25) is 0 Å². The lowest BCUT2D eigenvalue weighted by Crippen LogP contribution is -2.25. The molecule has 0 bridgehead atoms. The number of hydrogen-bond donors (Lipinski definition) is 1. The summed E-state index contributed by atoms with van der Waals surface area (Å²) in [5.41, 5.74) is -0.0852. The van der Waals surface area contributed by atoms with Crippen LogP contribution in [0.1, 0.15) is 21.5 Å². The van der Waals surface area contributed by atoms with E-state index in [0.717, 1.165) is 12.1 Å². The van der Waals surface area contributed by atoms with Crippen LogP contribution in [0.25, 0.3) is 16.7 Å². The van der Waals surface area contributed by atoms with E-state index in [-0.39, 0.29) is 17.9 Å². The number of halogens is 3. The van der Waals surface area contributed by atoms with E-state index < -0.39 is 23.2 Å². The van der Waals surface area contributed by atoms with E-state index >= 15 is 0 Å². The third kappa shape index (κ3) is 3.60. The fourth-order valence-electron chi connectivity index (χ4n) is 3.79. The van der Waals surface area contributed by atoms with Crippen molar-refractivity contribution in [2.24, 2.45) is 0 Å². The van der Waals surface area contributed by atoms with Gasteiger partial charge < -0.3 is 4.74 Å². The van der Waals surface area contributed by atoms with Gasteiger partial charge in [0, 0.05) is 17.7 Å². The normalized spacial score (nSPS) is 13.0. The monoisotopic (exact) mass is 467 g/mol. The van der Waals surface area contributed by atoms with E-state index in [1.807, 2.05) is 0 Å². The van der Waals surface area contributed by atoms with Crippen molar-refractivity contribution in [2.75, 3.05) is 12.4 Å². The minimum Gasteiger partial charge on any atom is -0.497 e. The van der Waals surface area contributed by atoms with Crippen molar-refractivity contribution in [2.45, 2.75) is 12.7 Å². The van der Waals surface area contributed by atoms with E-state index in [1.165, 1.54) is 30.1 Å². The number of nitrogens with zero attached hydrogens (tertiary/aromatic N) is 4. The van der Waals surface area contributed by atoms with Gasteiger partial charge in [0.15, 0.2) is 5.65 Å². The molecule has 0 unspecified atom stereocenters. The first-order valence-corrected chi connectivity index (χ1v) is 10.1. The highest BCUT2D eigenvalue weighted by Crippen LogP contribution is 2.33. The molecule has 8 nitrogen and oxygen atoms in total. The summed E-state index contributed by atoms with van der Waals surface area (Å²) in [6, 6.07) is 11.3. The Morgan fingerprint density at radius 2 is 1.91 bits per heavy atom. The number of carbonyl (C=O) groups excluding carboxylic acids is 1. The Morgan fingerprint density at radius 3 is 2.62 bits per heavy atom.